The summed E-state index contributed by atoms with van der Waals surface area (Å²) in [6, 6.07) is 7.38. The maximum absolute atomic E-state index is 15.4. The lowest BCUT2D eigenvalue weighted by Gasteiger charge is -2.17. The monoisotopic (exact) mass is 643 g/mol. The molecule has 4 aromatic rings. The molecule has 0 aliphatic carbocycles. The van der Waals surface area contributed by atoms with Gasteiger partial charge in [-0.2, -0.15) is 26.6 Å². The average molecular weight is 644 g/mol. The lowest BCUT2D eigenvalue weighted by Crippen LogP contribution is -2.27. The Morgan fingerprint density at radius 2 is 1.64 bits per heavy atom. The molecule has 0 aliphatic rings. The summed E-state index contributed by atoms with van der Waals surface area (Å²) in [6.07, 6.45) is -5.04. The highest BCUT2D eigenvalue weighted by Gasteiger charge is 2.37. The van der Waals surface area contributed by atoms with Gasteiger partial charge in [0.2, 0.25) is 0 Å². The topological polar surface area (TPSA) is 109 Å². The van der Waals surface area contributed by atoms with Gasteiger partial charge >= 0.3 is 12.8 Å². The van der Waals surface area contributed by atoms with E-state index in [1.807, 2.05) is 0 Å². The minimum atomic E-state index is -5.04. The first-order valence-corrected chi connectivity index (χ1v) is 12.8. The molecule has 0 radical (unpaired) electrons. The molecule has 2 aromatic carbocycles. The number of nitrogens with zero attached hydrogens (tertiary/aromatic N) is 3. The first-order valence-electron chi connectivity index (χ1n) is 12.8. The number of methoxy groups -OCH3 is 2. The Morgan fingerprint density at radius 1 is 1.00 bits per heavy atom. The zero-order valence-electron chi connectivity index (χ0n) is 23.6. The summed E-state index contributed by atoms with van der Waals surface area (Å²) >= 11 is 0. The number of alkyl halides is 5. The van der Waals surface area contributed by atoms with Gasteiger partial charge in [0.1, 0.15) is 45.9 Å². The lowest BCUT2D eigenvalue weighted by atomic mass is 10.1. The average Bonchev–Trinajstić information content (AvgIpc) is 3.20. The SMILES string of the molecule is COCCNc1ccc(C(F)(F)F)c(-n2c(=O)c(NC(=O)c3ccc(OC(F)F)cc3)c(-c3c(F)cc(OC)cc3F)n2C)n1. The van der Waals surface area contributed by atoms with Gasteiger partial charge in [0.25, 0.3) is 11.5 Å². The Bertz CT molecular complexity index is 1730. The van der Waals surface area contributed by atoms with Crippen molar-refractivity contribution in [2.75, 3.05) is 38.0 Å². The van der Waals surface area contributed by atoms with Gasteiger partial charge in [0, 0.05) is 38.4 Å². The molecule has 0 atom stereocenters. The van der Waals surface area contributed by atoms with Crippen molar-refractivity contribution in [2.45, 2.75) is 12.8 Å². The summed E-state index contributed by atoms with van der Waals surface area (Å²) in [7, 11) is 3.58. The van der Waals surface area contributed by atoms with Crippen LogP contribution in [0.3, 0.4) is 0 Å². The summed E-state index contributed by atoms with van der Waals surface area (Å²) in [4.78, 5) is 30.9. The van der Waals surface area contributed by atoms with Crippen LogP contribution in [0.4, 0.5) is 42.2 Å². The number of carbonyl (C=O) groups is 1. The molecular weight excluding hydrogens is 619 g/mol. The Labute approximate surface area is 249 Å². The molecule has 1 amide bonds. The van der Waals surface area contributed by atoms with Crippen molar-refractivity contribution in [1.82, 2.24) is 14.3 Å². The van der Waals surface area contributed by atoms with E-state index < -0.39 is 64.2 Å². The number of ether oxygens (including phenoxy) is 3. The predicted octanol–water partition coefficient (Wildman–Crippen LogP) is 5.46. The van der Waals surface area contributed by atoms with Crippen LogP contribution in [0.2, 0.25) is 0 Å². The van der Waals surface area contributed by atoms with Crippen LogP contribution in [0.15, 0.2) is 53.3 Å². The third-order valence-corrected chi connectivity index (χ3v) is 6.33. The molecule has 0 bridgehead atoms. The van der Waals surface area contributed by atoms with Gasteiger partial charge in [-0.3, -0.25) is 14.3 Å². The van der Waals surface area contributed by atoms with Crippen molar-refractivity contribution >= 4 is 17.4 Å². The number of rotatable bonds is 11. The van der Waals surface area contributed by atoms with Gasteiger partial charge in [-0.25, -0.2) is 13.8 Å². The Balaban J connectivity index is 1.95. The summed E-state index contributed by atoms with van der Waals surface area (Å²) in [6.45, 7) is -2.85. The molecule has 2 heterocycles. The summed E-state index contributed by atoms with van der Waals surface area (Å²) in [5.41, 5.74) is -5.28. The molecule has 10 nitrogen and oxygen atoms in total. The highest BCUT2D eigenvalue weighted by molar-refractivity contribution is 6.06. The molecule has 2 N–H and O–H groups in total. The van der Waals surface area contributed by atoms with E-state index in [1.165, 1.54) is 7.11 Å². The van der Waals surface area contributed by atoms with Crippen molar-refractivity contribution in [3.05, 3.63) is 81.6 Å². The van der Waals surface area contributed by atoms with Crippen molar-refractivity contribution in [3.63, 3.8) is 0 Å². The normalized spacial score (nSPS) is 11.5. The van der Waals surface area contributed by atoms with Gasteiger partial charge in [-0.05, 0) is 36.4 Å². The fourth-order valence-electron chi connectivity index (χ4n) is 4.32. The fraction of sp³-hybridized carbons (Fsp3) is 0.250. The predicted molar refractivity (Wildman–Crippen MR) is 147 cm³/mol. The van der Waals surface area contributed by atoms with E-state index in [2.05, 4.69) is 20.4 Å². The fourth-order valence-corrected chi connectivity index (χ4v) is 4.32. The molecule has 2 aromatic heterocycles. The lowest BCUT2D eigenvalue weighted by molar-refractivity contribution is -0.137. The van der Waals surface area contributed by atoms with Crippen LogP contribution in [0.5, 0.6) is 11.5 Å². The number of hydrogen-bond donors (Lipinski definition) is 2. The molecule has 0 unspecified atom stereocenters. The van der Waals surface area contributed by atoms with Crippen LogP contribution in [0.25, 0.3) is 17.1 Å². The number of benzene rings is 2. The number of pyridine rings is 1. The molecule has 0 saturated heterocycles. The second-order valence-electron chi connectivity index (χ2n) is 9.17. The number of carbonyl (C=O) groups excluding carboxylic acids is 1. The van der Waals surface area contributed by atoms with E-state index in [9.17, 15) is 31.5 Å². The van der Waals surface area contributed by atoms with Crippen LogP contribution in [0, 0.1) is 11.6 Å². The standard InChI is InChI=1S/C28H24F7N5O5/c1-39-23(21-18(29)12-16(44-3)13-19(21)30)22(38-25(41)14-4-6-15(7-5-14)45-27(31)32)26(42)40(39)24-17(28(33,34)35)8-9-20(37-24)36-10-11-43-2/h4-9,12-13,27H,10-11H2,1-3H3,(H,36,37)(H,38,41). The summed E-state index contributed by atoms with van der Waals surface area (Å²) in [5, 5.41) is 4.93. The van der Waals surface area contributed by atoms with Gasteiger partial charge < -0.3 is 24.8 Å². The van der Waals surface area contributed by atoms with Gasteiger partial charge in [-0.15, -0.1) is 0 Å². The maximum atomic E-state index is 15.4. The highest BCUT2D eigenvalue weighted by atomic mass is 19.4. The molecule has 4 rings (SSSR count). The Morgan fingerprint density at radius 3 is 2.20 bits per heavy atom. The van der Waals surface area contributed by atoms with E-state index in [0.717, 1.165) is 56.6 Å². The van der Waals surface area contributed by atoms with E-state index in [1.54, 1.807) is 0 Å². The summed E-state index contributed by atoms with van der Waals surface area (Å²) in [5.74, 6) is -5.22. The maximum Gasteiger partial charge on any atom is 0.420 e. The molecule has 0 aliphatic heterocycles. The number of amides is 1. The summed E-state index contributed by atoms with van der Waals surface area (Å²) < 4.78 is 113. The third-order valence-electron chi connectivity index (χ3n) is 6.33. The van der Waals surface area contributed by atoms with Crippen LogP contribution < -0.4 is 25.7 Å². The van der Waals surface area contributed by atoms with Crippen molar-refractivity contribution in [3.8, 4) is 28.6 Å². The Hall–Kier alpha value is -5.06. The Kier molecular flexibility index (Phi) is 9.70. The quantitative estimate of drug-likeness (QED) is 0.165. The minimum absolute atomic E-state index is 0.0943. The first-order chi connectivity index (χ1) is 21.3. The molecule has 45 heavy (non-hydrogen) atoms. The number of halogens is 7. The van der Waals surface area contributed by atoms with Crippen LogP contribution in [-0.4, -0.2) is 54.2 Å². The molecule has 240 valence electrons. The van der Waals surface area contributed by atoms with Crippen molar-refractivity contribution in [1.29, 1.82) is 0 Å². The third kappa shape index (κ3) is 7.03. The van der Waals surface area contributed by atoms with E-state index in [-0.39, 0.29) is 36.0 Å². The molecule has 17 heteroatoms. The largest absolute Gasteiger partial charge is 0.497 e. The number of anilines is 2. The first kappa shape index (κ1) is 32.8. The molecule has 0 saturated carbocycles. The molecular formula is C28H24F7N5O5. The van der Waals surface area contributed by atoms with Crippen molar-refractivity contribution in [2.24, 2.45) is 7.05 Å². The van der Waals surface area contributed by atoms with E-state index in [4.69, 9.17) is 9.47 Å². The zero-order valence-corrected chi connectivity index (χ0v) is 23.6. The van der Waals surface area contributed by atoms with Crippen LogP contribution >= 0.6 is 0 Å². The zero-order chi connectivity index (χ0) is 33.1. The van der Waals surface area contributed by atoms with Crippen LogP contribution in [0.1, 0.15) is 15.9 Å². The van der Waals surface area contributed by atoms with E-state index in [0.29, 0.717) is 15.4 Å². The minimum Gasteiger partial charge on any atom is -0.497 e. The second kappa shape index (κ2) is 13.3. The molecule has 0 fully saturated rings. The number of hydrogen-bond acceptors (Lipinski definition) is 7. The van der Waals surface area contributed by atoms with Gasteiger partial charge in [0.05, 0.1) is 19.3 Å². The molecule has 0 spiro atoms. The number of aromatic nitrogens is 3. The number of nitrogens with one attached hydrogen (secondary N) is 2. The highest BCUT2D eigenvalue weighted by Crippen LogP contribution is 2.37. The van der Waals surface area contributed by atoms with Gasteiger partial charge in [-0.1, -0.05) is 0 Å². The smallest absolute Gasteiger partial charge is 0.420 e. The van der Waals surface area contributed by atoms with Gasteiger partial charge in [0.15, 0.2) is 5.82 Å². The van der Waals surface area contributed by atoms with E-state index >= 15 is 8.78 Å². The van der Waals surface area contributed by atoms with Crippen LogP contribution in [-0.2, 0) is 18.0 Å². The second-order valence-corrected chi connectivity index (χ2v) is 9.17. The van der Waals surface area contributed by atoms with Crippen molar-refractivity contribution < 1.29 is 49.7 Å².